The molecule has 0 aromatic heterocycles. The molecule has 0 bridgehead atoms. The van der Waals surface area contributed by atoms with Crippen molar-refractivity contribution < 1.29 is 9.53 Å². The Labute approximate surface area is 90.5 Å². The Hall–Kier alpha value is -0.610. The topological polar surface area (TPSA) is 64.3 Å². The maximum atomic E-state index is 11.8. The van der Waals surface area contributed by atoms with Gasteiger partial charge in [0.1, 0.15) is 6.10 Å². The maximum Gasteiger partial charge on any atom is 0.249 e. The van der Waals surface area contributed by atoms with E-state index in [1.54, 1.807) is 0 Å². The van der Waals surface area contributed by atoms with Gasteiger partial charge >= 0.3 is 0 Å². The van der Waals surface area contributed by atoms with Crippen molar-refractivity contribution in [3.05, 3.63) is 0 Å². The van der Waals surface area contributed by atoms with Gasteiger partial charge in [-0.15, -0.1) is 0 Å². The fourth-order valence-corrected chi connectivity index (χ4v) is 2.40. The molecule has 0 spiro atoms. The van der Waals surface area contributed by atoms with Crippen LogP contribution in [0.4, 0.5) is 0 Å². The lowest BCUT2D eigenvalue weighted by molar-refractivity contribution is -0.131. The van der Waals surface area contributed by atoms with Crippen LogP contribution >= 0.6 is 0 Å². The Kier molecular flexibility index (Phi) is 3.59. The van der Waals surface area contributed by atoms with Crippen molar-refractivity contribution in [2.45, 2.75) is 56.7 Å². The Balaban J connectivity index is 1.81. The Morgan fingerprint density at radius 2 is 2.00 bits per heavy atom. The highest BCUT2D eigenvalue weighted by Crippen LogP contribution is 2.18. The minimum absolute atomic E-state index is 0.0369. The maximum absolute atomic E-state index is 11.8. The SMILES string of the molecule is NC1CCCCC1NC(=O)[C@H]1CCCO1. The molecule has 1 heterocycles. The van der Waals surface area contributed by atoms with Crippen molar-refractivity contribution in [2.24, 2.45) is 5.73 Å². The van der Waals surface area contributed by atoms with Crippen molar-refractivity contribution in [1.82, 2.24) is 5.32 Å². The molecular formula is C11H20N2O2. The van der Waals surface area contributed by atoms with Gasteiger partial charge in [-0.25, -0.2) is 0 Å². The smallest absolute Gasteiger partial charge is 0.249 e. The van der Waals surface area contributed by atoms with Crippen LogP contribution in [0.3, 0.4) is 0 Å². The van der Waals surface area contributed by atoms with Crippen LogP contribution in [0.5, 0.6) is 0 Å². The first-order chi connectivity index (χ1) is 7.27. The summed E-state index contributed by atoms with van der Waals surface area (Å²) in [6.45, 7) is 0.717. The molecule has 1 amide bonds. The van der Waals surface area contributed by atoms with Crippen LogP contribution in [0.25, 0.3) is 0 Å². The van der Waals surface area contributed by atoms with Crippen LogP contribution in [0.15, 0.2) is 0 Å². The molecule has 15 heavy (non-hydrogen) atoms. The number of hydrogen-bond donors (Lipinski definition) is 2. The van der Waals surface area contributed by atoms with Gasteiger partial charge in [-0.05, 0) is 25.7 Å². The summed E-state index contributed by atoms with van der Waals surface area (Å²) >= 11 is 0. The summed E-state index contributed by atoms with van der Waals surface area (Å²) in [4.78, 5) is 11.8. The molecule has 86 valence electrons. The van der Waals surface area contributed by atoms with Gasteiger partial charge in [-0.2, -0.15) is 0 Å². The van der Waals surface area contributed by atoms with Gasteiger partial charge in [-0.1, -0.05) is 12.8 Å². The van der Waals surface area contributed by atoms with E-state index in [1.165, 1.54) is 12.8 Å². The number of carbonyl (C=O) groups excluding carboxylic acids is 1. The zero-order valence-electron chi connectivity index (χ0n) is 9.08. The number of nitrogens with two attached hydrogens (primary N) is 1. The molecule has 1 saturated carbocycles. The molecule has 4 nitrogen and oxygen atoms in total. The van der Waals surface area contributed by atoms with Crippen LogP contribution in [-0.2, 0) is 9.53 Å². The molecule has 2 fully saturated rings. The normalized spacial score (nSPS) is 36.5. The molecule has 1 aliphatic heterocycles. The molecule has 3 N–H and O–H groups in total. The highest BCUT2D eigenvalue weighted by molar-refractivity contribution is 5.81. The molecule has 0 aromatic carbocycles. The van der Waals surface area contributed by atoms with Gasteiger partial charge in [0.2, 0.25) is 5.91 Å². The fraction of sp³-hybridized carbons (Fsp3) is 0.909. The van der Waals surface area contributed by atoms with Crippen LogP contribution in [0, 0.1) is 0 Å². The van der Waals surface area contributed by atoms with E-state index in [9.17, 15) is 4.79 Å². The zero-order chi connectivity index (χ0) is 10.7. The van der Waals surface area contributed by atoms with Gasteiger partial charge in [0.15, 0.2) is 0 Å². The lowest BCUT2D eigenvalue weighted by Crippen LogP contribution is -2.51. The molecule has 0 radical (unpaired) electrons. The van der Waals surface area contributed by atoms with Crippen LogP contribution in [-0.4, -0.2) is 30.7 Å². The highest BCUT2D eigenvalue weighted by Gasteiger charge is 2.28. The van der Waals surface area contributed by atoms with E-state index in [0.717, 1.165) is 32.3 Å². The van der Waals surface area contributed by atoms with Crippen molar-refractivity contribution in [3.63, 3.8) is 0 Å². The molecule has 3 atom stereocenters. The monoisotopic (exact) mass is 212 g/mol. The average Bonchev–Trinajstić information content (AvgIpc) is 2.74. The number of hydrogen-bond acceptors (Lipinski definition) is 3. The molecule has 2 unspecified atom stereocenters. The minimum atomic E-state index is -0.223. The molecule has 2 aliphatic rings. The van der Waals surface area contributed by atoms with Gasteiger partial charge in [0.25, 0.3) is 0 Å². The summed E-state index contributed by atoms with van der Waals surface area (Å²) in [6, 6.07) is 0.291. The molecule has 1 aliphatic carbocycles. The van der Waals surface area contributed by atoms with E-state index in [1.807, 2.05) is 0 Å². The quantitative estimate of drug-likeness (QED) is 0.702. The van der Waals surface area contributed by atoms with Gasteiger partial charge in [-0.3, -0.25) is 4.79 Å². The average molecular weight is 212 g/mol. The molecule has 1 saturated heterocycles. The molecular weight excluding hydrogens is 192 g/mol. The fourth-order valence-electron chi connectivity index (χ4n) is 2.40. The second-order valence-electron chi connectivity index (χ2n) is 4.57. The van der Waals surface area contributed by atoms with E-state index >= 15 is 0 Å². The Bertz CT molecular complexity index is 227. The largest absolute Gasteiger partial charge is 0.368 e. The predicted octanol–water partition coefficient (Wildman–Crippen LogP) is 0.551. The highest BCUT2D eigenvalue weighted by atomic mass is 16.5. The third-order valence-corrected chi connectivity index (χ3v) is 3.37. The van der Waals surface area contributed by atoms with Gasteiger partial charge in [0.05, 0.1) is 0 Å². The van der Waals surface area contributed by atoms with E-state index in [-0.39, 0.29) is 24.1 Å². The second-order valence-corrected chi connectivity index (χ2v) is 4.57. The third kappa shape index (κ3) is 2.69. The van der Waals surface area contributed by atoms with Crippen molar-refractivity contribution >= 4 is 5.91 Å². The first kappa shape index (κ1) is 10.9. The zero-order valence-corrected chi connectivity index (χ0v) is 9.08. The van der Waals surface area contributed by atoms with Crippen molar-refractivity contribution in [2.75, 3.05) is 6.61 Å². The molecule has 2 rings (SSSR count). The van der Waals surface area contributed by atoms with Gasteiger partial charge in [0, 0.05) is 18.7 Å². The molecule has 4 heteroatoms. The first-order valence-electron chi connectivity index (χ1n) is 5.95. The lowest BCUT2D eigenvalue weighted by Gasteiger charge is -2.30. The number of carbonyl (C=O) groups is 1. The number of rotatable bonds is 2. The summed E-state index contributed by atoms with van der Waals surface area (Å²) in [5, 5.41) is 3.02. The predicted molar refractivity (Wildman–Crippen MR) is 57.3 cm³/mol. The summed E-state index contributed by atoms with van der Waals surface area (Å²) in [6.07, 6.45) is 6.02. The Morgan fingerprint density at radius 3 is 2.67 bits per heavy atom. The van der Waals surface area contributed by atoms with Crippen molar-refractivity contribution in [3.8, 4) is 0 Å². The van der Waals surface area contributed by atoms with E-state index in [0.29, 0.717) is 0 Å². The lowest BCUT2D eigenvalue weighted by atomic mass is 9.91. The van der Waals surface area contributed by atoms with E-state index in [2.05, 4.69) is 5.32 Å². The van der Waals surface area contributed by atoms with Crippen molar-refractivity contribution in [1.29, 1.82) is 0 Å². The molecule has 0 aromatic rings. The number of ether oxygens (including phenoxy) is 1. The van der Waals surface area contributed by atoms with E-state index < -0.39 is 0 Å². The summed E-state index contributed by atoms with van der Waals surface area (Å²) in [5.74, 6) is 0.0369. The second kappa shape index (κ2) is 4.94. The van der Waals surface area contributed by atoms with E-state index in [4.69, 9.17) is 10.5 Å². The van der Waals surface area contributed by atoms with Crippen LogP contribution < -0.4 is 11.1 Å². The number of nitrogens with one attached hydrogen (secondary N) is 1. The minimum Gasteiger partial charge on any atom is -0.368 e. The summed E-state index contributed by atoms with van der Waals surface area (Å²) in [5.41, 5.74) is 5.97. The third-order valence-electron chi connectivity index (χ3n) is 3.37. The first-order valence-corrected chi connectivity index (χ1v) is 5.95. The van der Waals surface area contributed by atoms with Crippen LogP contribution in [0.1, 0.15) is 38.5 Å². The van der Waals surface area contributed by atoms with Gasteiger partial charge < -0.3 is 15.8 Å². The summed E-state index contributed by atoms with van der Waals surface area (Å²) < 4.78 is 5.34. The summed E-state index contributed by atoms with van der Waals surface area (Å²) in [7, 11) is 0. The Morgan fingerprint density at radius 1 is 1.20 bits per heavy atom. The standard InChI is InChI=1S/C11H20N2O2/c12-8-4-1-2-5-9(8)13-11(14)10-6-3-7-15-10/h8-10H,1-7,12H2,(H,13,14)/t8?,9?,10-/m1/s1. The number of amides is 1. The van der Waals surface area contributed by atoms with Crippen LogP contribution in [0.2, 0.25) is 0 Å².